The van der Waals surface area contributed by atoms with E-state index in [1.54, 1.807) is 12.2 Å². The molecule has 0 radical (unpaired) electrons. The molecule has 0 spiro atoms. The first kappa shape index (κ1) is 8.47. The van der Waals surface area contributed by atoms with Crippen molar-refractivity contribution in [3.8, 4) is 0 Å². The molecule has 12 heavy (non-hydrogen) atoms. The van der Waals surface area contributed by atoms with Crippen molar-refractivity contribution in [2.45, 2.75) is 0 Å². The molecule has 0 unspecified atom stereocenters. The fraction of sp³-hybridized carbons (Fsp3) is 0. The summed E-state index contributed by atoms with van der Waals surface area (Å²) in [6.07, 6.45) is 4.14. The number of aldehydes is 1. The maximum atomic E-state index is 10.6. The third-order valence-corrected chi connectivity index (χ3v) is 1.53. The van der Waals surface area contributed by atoms with Gasteiger partial charge in [-0.05, 0) is 5.56 Å². The van der Waals surface area contributed by atoms with Gasteiger partial charge in [0, 0.05) is 5.57 Å². The number of rotatable bonds is 3. The van der Waals surface area contributed by atoms with Crippen LogP contribution in [0.4, 0.5) is 0 Å². The molecule has 0 atom stereocenters. The Hall–Kier alpha value is -1.63. The Morgan fingerprint density at radius 3 is 2.42 bits per heavy atom. The summed E-state index contributed by atoms with van der Waals surface area (Å²) in [5.41, 5.74) is 1.58. The molecule has 0 fully saturated rings. The van der Waals surface area contributed by atoms with E-state index in [0.29, 0.717) is 5.57 Å². The SMILES string of the molecule is C=CC=C(C=O)c1ccccc1. The minimum Gasteiger partial charge on any atom is -0.298 e. The quantitative estimate of drug-likeness (QED) is 0.375. The van der Waals surface area contributed by atoms with E-state index < -0.39 is 0 Å². The first-order chi connectivity index (χ1) is 5.88. The van der Waals surface area contributed by atoms with Crippen molar-refractivity contribution in [1.29, 1.82) is 0 Å². The average Bonchev–Trinajstić information content (AvgIpc) is 2.15. The molecule has 0 saturated carbocycles. The zero-order valence-electron chi connectivity index (χ0n) is 6.73. The van der Waals surface area contributed by atoms with Crippen LogP contribution in [0.3, 0.4) is 0 Å². The highest BCUT2D eigenvalue weighted by atomic mass is 16.1. The Labute approximate surface area is 72.0 Å². The first-order valence-electron chi connectivity index (χ1n) is 3.72. The van der Waals surface area contributed by atoms with Gasteiger partial charge in [0.2, 0.25) is 0 Å². The van der Waals surface area contributed by atoms with Crippen LogP contribution in [0, 0.1) is 0 Å². The Morgan fingerprint density at radius 1 is 1.25 bits per heavy atom. The Morgan fingerprint density at radius 2 is 1.92 bits per heavy atom. The lowest BCUT2D eigenvalue weighted by molar-refractivity contribution is -0.103. The number of carbonyl (C=O) groups excluding carboxylic acids is 1. The van der Waals surface area contributed by atoms with Crippen LogP contribution in [0.1, 0.15) is 5.56 Å². The highest BCUT2D eigenvalue weighted by Crippen LogP contribution is 2.10. The average molecular weight is 158 g/mol. The molecule has 1 aromatic carbocycles. The summed E-state index contributed by atoms with van der Waals surface area (Å²) in [4.78, 5) is 10.6. The second-order valence-electron chi connectivity index (χ2n) is 2.34. The molecule has 0 aromatic heterocycles. The second kappa shape index (κ2) is 4.29. The standard InChI is InChI=1S/C11H10O/c1-2-6-11(9-12)10-7-4-3-5-8-10/h2-9H,1H2. The second-order valence-corrected chi connectivity index (χ2v) is 2.34. The molecule has 60 valence electrons. The molecular weight excluding hydrogens is 148 g/mol. The lowest BCUT2D eigenvalue weighted by Gasteiger charge is -1.96. The van der Waals surface area contributed by atoms with Gasteiger partial charge in [-0.1, -0.05) is 49.1 Å². The topological polar surface area (TPSA) is 17.1 Å². The van der Waals surface area contributed by atoms with Gasteiger partial charge >= 0.3 is 0 Å². The summed E-state index contributed by atoms with van der Waals surface area (Å²) in [6.45, 7) is 3.54. The summed E-state index contributed by atoms with van der Waals surface area (Å²) in [7, 11) is 0. The third kappa shape index (κ3) is 1.92. The van der Waals surface area contributed by atoms with E-state index in [1.165, 1.54) is 0 Å². The van der Waals surface area contributed by atoms with Gasteiger partial charge < -0.3 is 0 Å². The first-order valence-corrected chi connectivity index (χ1v) is 3.72. The molecule has 0 aliphatic heterocycles. The fourth-order valence-corrected chi connectivity index (χ4v) is 0.961. The van der Waals surface area contributed by atoms with Crippen molar-refractivity contribution >= 4 is 11.9 Å². The molecule has 0 bridgehead atoms. The van der Waals surface area contributed by atoms with Crippen molar-refractivity contribution in [3.05, 3.63) is 54.6 Å². The van der Waals surface area contributed by atoms with Crippen molar-refractivity contribution in [2.24, 2.45) is 0 Å². The van der Waals surface area contributed by atoms with Gasteiger partial charge in [0.1, 0.15) is 0 Å². The van der Waals surface area contributed by atoms with E-state index >= 15 is 0 Å². The van der Waals surface area contributed by atoms with Gasteiger partial charge in [0.05, 0.1) is 0 Å². The van der Waals surface area contributed by atoms with E-state index in [4.69, 9.17) is 0 Å². The molecule has 1 nitrogen and oxygen atoms in total. The van der Waals surface area contributed by atoms with Crippen molar-refractivity contribution in [2.75, 3.05) is 0 Å². The summed E-state index contributed by atoms with van der Waals surface area (Å²) in [5.74, 6) is 0. The highest BCUT2D eigenvalue weighted by molar-refractivity contribution is 6.07. The van der Waals surface area contributed by atoms with Gasteiger partial charge in [-0.3, -0.25) is 4.79 Å². The number of benzene rings is 1. The predicted octanol–water partition coefficient (Wildman–Crippen LogP) is 2.45. The zero-order valence-corrected chi connectivity index (χ0v) is 6.73. The normalized spacial score (nSPS) is 10.8. The minimum atomic E-state index is 0.658. The van der Waals surface area contributed by atoms with E-state index in [-0.39, 0.29) is 0 Å². The number of hydrogen-bond acceptors (Lipinski definition) is 1. The van der Waals surface area contributed by atoms with E-state index in [1.807, 2.05) is 30.3 Å². The predicted molar refractivity (Wildman–Crippen MR) is 50.7 cm³/mol. The Balaban J connectivity index is 3.03. The van der Waals surface area contributed by atoms with Crippen LogP contribution in [-0.2, 0) is 4.79 Å². The van der Waals surface area contributed by atoms with Gasteiger partial charge in [-0.15, -0.1) is 0 Å². The van der Waals surface area contributed by atoms with Gasteiger partial charge in [-0.25, -0.2) is 0 Å². The van der Waals surface area contributed by atoms with Gasteiger partial charge in [0.25, 0.3) is 0 Å². The summed E-state index contributed by atoms with van der Waals surface area (Å²) in [5, 5.41) is 0. The Bertz CT molecular complexity index is 296. The highest BCUT2D eigenvalue weighted by Gasteiger charge is 1.95. The smallest absolute Gasteiger partial charge is 0.150 e. The molecule has 0 aliphatic carbocycles. The van der Waals surface area contributed by atoms with Crippen LogP contribution >= 0.6 is 0 Å². The molecule has 0 N–H and O–H groups in total. The molecule has 1 aromatic rings. The van der Waals surface area contributed by atoms with Crippen molar-refractivity contribution < 1.29 is 4.79 Å². The van der Waals surface area contributed by atoms with E-state index in [2.05, 4.69) is 6.58 Å². The summed E-state index contributed by atoms with van der Waals surface area (Å²) >= 11 is 0. The minimum absolute atomic E-state index is 0.658. The van der Waals surface area contributed by atoms with Crippen LogP contribution in [0.5, 0.6) is 0 Å². The van der Waals surface area contributed by atoms with Crippen LogP contribution in [0.25, 0.3) is 5.57 Å². The van der Waals surface area contributed by atoms with E-state index in [9.17, 15) is 4.79 Å². The molecule has 1 heteroatoms. The van der Waals surface area contributed by atoms with Crippen LogP contribution in [-0.4, -0.2) is 6.29 Å². The molecule has 0 amide bonds. The fourth-order valence-electron chi connectivity index (χ4n) is 0.961. The van der Waals surface area contributed by atoms with Crippen LogP contribution < -0.4 is 0 Å². The molecule has 0 saturated heterocycles. The van der Waals surface area contributed by atoms with Crippen LogP contribution in [0.2, 0.25) is 0 Å². The Kier molecular flexibility index (Phi) is 3.03. The monoisotopic (exact) mass is 158 g/mol. The van der Waals surface area contributed by atoms with E-state index in [0.717, 1.165) is 11.8 Å². The maximum Gasteiger partial charge on any atom is 0.150 e. The number of allylic oxidation sites excluding steroid dienone is 3. The number of carbonyl (C=O) groups is 1. The lowest BCUT2D eigenvalue weighted by atomic mass is 10.1. The van der Waals surface area contributed by atoms with Gasteiger partial charge in [-0.2, -0.15) is 0 Å². The summed E-state index contributed by atoms with van der Waals surface area (Å²) < 4.78 is 0. The summed E-state index contributed by atoms with van der Waals surface area (Å²) in [6, 6.07) is 9.50. The van der Waals surface area contributed by atoms with Gasteiger partial charge in [0.15, 0.2) is 6.29 Å². The van der Waals surface area contributed by atoms with Crippen molar-refractivity contribution in [3.63, 3.8) is 0 Å². The molecule has 1 rings (SSSR count). The zero-order chi connectivity index (χ0) is 8.81. The molecule has 0 aliphatic rings. The molecule has 0 heterocycles. The lowest BCUT2D eigenvalue weighted by Crippen LogP contribution is -1.83. The third-order valence-electron chi connectivity index (χ3n) is 1.53. The molecular formula is C11H10O. The number of hydrogen-bond donors (Lipinski definition) is 0. The largest absolute Gasteiger partial charge is 0.298 e. The van der Waals surface area contributed by atoms with Crippen LogP contribution in [0.15, 0.2) is 49.1 Å². The van der Waals surface area contributed by atoms with Crippen molar-refractivity contribution in [1.82, 2.24) is 0 Å². The maximum absolute atomic E-state index is 10.6.